The van der Waals surface area contributed by atoms with Crippen LogP contribution in [0.1, 0.15) is 23.2 Å². The van der Waals surface area contributed by atoms with Crippen molar-refractivity contribution in [3.05, 3.63) is 34.3 Å². The molecule has 0 unspecified atom stereocenters. The Morgan fingerprint density at radius 3 is 2.58 bits per heavy atom. The van der Waals surface area contributed by atoms with E-state index in [-0.39, 0.29) is 17.8 Å². The molecule has 0 saturated carbocycles. The highest BCUT2D eigenvalue weighted by Gasteiger charge is 2.28. The van der Waals surface area contributed by atoms with Gasteiger partial charge in [-0.25, -0.2) is 0 Å². The molecular formula is C14H16BrNO3. The molecule has 1 aliphatic heterocycles. The van der Waals surface area contributed by atoms with Crippen LogP contribution < -0.4 is 0 Å². The average Bonchev–Trinajstić information content (AvgIpc) is 2.46. The van der Waals surface area contributed by atoms with Gasteiger partial charge in [-0.15, -0.1) is 0 Å². The fraction of sp³-hybridized carbons (Fsp3) is 0.429. The number of halogens is 1. The van der Waals surface area contributed by atoms with E-state index in [2.05, 4.69) is 15.9 Å². The molecule has 1 heterocycles. The van der Waals surface area contributed by atoms with E-state index in [9.17, 15) is 9.59 Å². The number of hydrogen-bond acceptors (Lipinski definition) is 3. The van der Waals surface area contributed by atoms with Crippen LogP contribution in [-0.2, 0) is 9.53 Å². The number of piperidine rings is 1. The SMILES string of the molecule is COC(=O)C1CCN(C(=O)c2cccc(Br)c2)CC1. The van der Waals surface area contributed by atoms with Crippen molar-refractivity contribution >= 4 is 27.8 Å². The third kappa shape index (κ3) is 3.35. The minimum Gasteiger partial charge on any atom is -0.469 e. The van der Waals surface area contributed by atoms with Gasteiger partial charge in [0, 0.05) is 23.1 Å². The van der Waals surface area contributed by atoms with Gasteiger partial charge in [0.15, 0.2) is 0 Å². The highest BCUT2D eigenvalue weighted by atomic mass is 79.9. The van der Waals surface area contributed by atoms with E-state index in [1.165, 1.54) is 7.11 Å². The monoisotopic (exact) mass is 325 g/mol. The first-order valence-corrected chi connectivity index (χ1v) is 7.04. The fourth-order valence-corrected chi connectivity index (χ4v) is 2.69. The molecule has 1 aromatic carbocycles. The number of likely N-dealkylation sites (tertiary alicyclic amines) is 1. The molecule has 1 aromatic rings. The van der Waals surface area contributed by atoms with E-state index in [1.54, 1.807) is 11.0 Å². The first kappa shape index (κ1) is 14.1. The highest BCUT2D eigenvalue weighted by Crippen LogP contribution is 2.21. The van der Waals surface area contributed by atoms with Crippen molar-refractivity contribution in [1.29, 1.82) is 0 Å². The second kappa shape index (κ2) is 6.19. The molecule has 0 atom stereocenters. The summed E-state index contributed by atoms with van der Waals surface area (Å²) in [5.74, 6) is -0.226. The minimum atomic E-state index is -0.172. The lowest BCUT2D eigenvalue weighted by Gasteiger charge is -2.30. The summed E-state index contributed by atoms with van der Waals surface area (Å²) in [5.41, 5.74) is 0.672. The highest BCUT2D eigenvalue weighted by molar-refractivity contribution is 9.10. The van der Waals surface area contributed by atoms with Gasteiger partial charge in [0.1, 0.15) is 0 Å². The van der Waals surface area contributed by atoms with Gasteiger partial charge in [-0.1, -0.05) is 22.0 Å². The van der Waals surface area contributed by atoms with Crippen LogP contribution in [0.5, 0.6) is 0 Å². The van der Waals surface area contributed by atoms with Crippen molar-refractivity contribution in [3.63, 3.8) is 0 Å². The predicted octanol–water partition coefficient (Wildman–Crippen LogP) is 2.47. The number of carbonyl (C=O) groups is 2. The molecular weight excluding hydrogens is 310 g/mol. The molecule has 1 fully saturated rings. The topological polar surface area (TPSA) is 46.6 Å². The zero-order valence-electron chi connectivity index (χ0n) is 10.8. The van der Waals surface area contributed by atoms with Gasteiger partial charge in [-0.3, -0.25) is 9.59 Å². The molecule has 0 aromatic heterocycles. The number of methoxy groups -OCH3 is 1. The van der Waals surface area contributed by atoms with Crippen LogP contribution in [0.4, 0.5) is 0 Å². The Bertz CT molecular complexity index is 481. The van der Waals surface area contributed by atoms with Crippen molar-refractivity contribution in [3.8, 4) is 0 Å². The van der Waals surface area contributed by atoms with Crippen LogP contribution in [0.2, 0.25) is 0 Å². The van der Waals surface area contributed by atoms with Crippen molar-refractivity contribution in [2.75, 3.05) is 20.2 Å². The van der Waals surface area contributed by atoms with Gasteiger partial charge in [0.05, 0.1) is 13.0 Å². The van der Waals surface area contributed by atoms with E-state index >= 15 is 0 Å². The first-order chi connectivity index (χ1) is 9.11. The lowest BCUT2D eigenvalue weighted by molar-refractivity contribution is -0.146. The summed E-state index contributed by atoms with van der Waals surface area (Å²) >= 11 is 3.36. The second-order valence-electron chi connectivity index (χ2n) is 4.60. The smallest absolute Gasteiger partial charge is 0.308 e. The van der Waals surface area contributed by atoms with Crippen LogP contribution in [-0.4, -0.2) is 37.0 Å². The second-order valence-corrected chi connectivity index (χ2v) is 5.52. The summed E-state index contributed by atoms with van der Waals surface area (Å²) in [6.45, 7) is 1.20. The van der Waals surface area contributed by atoms with Crippen molar-refractivity contribution in [2.45, 2.75) is 12.8 Å². The number of nitrogens with zero attached hydrogens (tertiary/aromatic N) is 1. The normalized spacial score (nSPS) is 16.2. The van der Waals surface area contributed by atoms with Gasteiger partial charge < -0.3 is 9.64 Å². The third-order valence-corrected chi connectivity index (χ3v) is 3.88. The summed E-state index contributed by atoms with van der Waals surface area (Å²) in [7, 11) is 1.40. The zero-order valence-corrected chi connectivity index (χ0v) is 12.4. The molecule has 4 nitrogen and oxygen atoms in total. The van der Waals surface area contributed by atoms with Crippen LogP contribution in [0.15, 0.2) is 28.7 Å². The summed E-state index contributed by atoms with van der Waals surface area (Å²) in [5, 5.41) is 0. The Balaban J connectivity index is 1.98. The third-order valence-electron chi connectivity index (χ3n) is 3.39. The average molecular weight is 326 g/mol. The van der Waals surface area contributed by atoms with Crippen LogP contribution in [0, 0.1) is 5.92 Å². The van der Waals surface area contributed by atoms with Crippen LogP contribution >= 0.6 is 15.9 Å². The lowest BCUT2D eigenvalue weighted by Crippen LogP contribution is -2.40. The van der Waals surface area contributed by atoms with Gasteiger partial charge >= 0.3 is 5.97 Å². The number of benzene rings is 1. The number of amides is 1. The number of esters is 1. The molecule has 0 aliphatic carbocycles. The maximum atomic E-state index is 12.3. The summed E-state index contributed by atoms with van der Waals surface area (Å²) in [6.07, 6.45) is 1.35. The predicted molar refractivity (Wildman–Crippen MR) is 74.8 cm³/mol. The Hall–Kier alpha value is -1.36. The Kier molecular flexibility index (Phi) is 4.58. The molecule has 102 valence electrons. The Morgan fingerprint density at radius 1 is 1.32 bits per heavy atom. The molecule has 0 bridgehead atoms. The van der Waals surface area contributed by atoms with Crippen LogP contribution in [0.25, 0.3) is 0 Å². The van der Waals surface area contributed by atoms with Crippen molar-refractivity contribution in [2.24, 2.45) is 5.92 Å². The van der Waals surface area contributed by atoms with Crippen molar-refractivity contribution < 1.29 is 14.3 Å². The van der Waals surface area contributed by atoms with Crippen molar-refractivity contribution in [1.82, 2.24) is 4.90 Å². The minimum absolute atomic E-state index is 0.0182. The number of ether oxygens (including phenoxy) is 1. The van der Waals surface area contributed by atoms with E-state index in [0.29, 0.717) is 31.5 Å². The van der Waals surface area contributed by atoms with Gasteiger partial charge in [0.2, 0.25) is 0 Å². The number of hydrogen-bond donors (Lipinski definition) is 0. The summed E-state index contributed by atoms with van der Waals surface area (Å²) in [4.78, 5) is 25.5. The first-order valence-electron chi connectivity index (χ1n) is 6.24. The Morgan fingerprint density at radius 2 is 2.00 bits per heavy atom. The lowest BCUT2D eigenvalue weighted by atomic mass is 9.96. The number of carbonyl (C=O) groups excluding carboxylic acids is 2. The molecule has 1 aliphatic rings. The van der Waals surface area contributed by atoms with Gasteiger partial charge in [-0.2, -0.15) is 0 Å². The van der Waals surface area contributed by atoms with E-state index in [0.717, 1.165) is 4.47 Å². The summed E-state index contributed by atoms with van der Waals surface area (Å²) in [6, 6.07) is 7.35. The fourth-order valence-electron chi connectivity index (χ4n) is 2.29. The molecule has 0 spiro atoms. The van der Waals surface area contributed by atoms with E-state index < -0.39 is 0 Å². The largest absolute Gasteiger partial charge is 0.469 e. The molecule has 5 heteroatoms. The zero-order chi connectivity index (χ0) is 13.8. The van der Waals surface area contributed by atoms with E-state index in [4.69, 9.17) is 4.74 Å². The van der Waals surface area contributed by atoms with E-state index in [1.807, 2.05) is 18.2 Å². The number of rotatable bonds is 2. The maximum Gasteiger partial charge on any atom is 0.308 e. The van der Waals surface area contributed by atoms with Gasteiger partial charge in [0.25, 0.3) is 5.91 Å². The molecule has 1 saturated heterocycles. The quantitative estimate of drug-likeness (QED) is 0.785. The molecule has 2 rings (SSSR count). The molecule has 0 radical (unpaired) electrons. The van der Waals surface area contributed by atoms with Crippen LogP contribution in [0.3, 0.4) is 0 Å². The standard InChI is InChI=1S/C14H16BrNO3/c1-19-14(18)10-5-7-16(8-6-10)13(17)11-3-2-4-12(15)9-11/h2-4,9-10H,5-8H2,1H3. The maximum absolute atomic E-state index is 12.3. The summed E-state index contributed by atoms with van der Waals surface area (Å²) < 4.78 is 5.63. The van der Waals surface area contributed by atoms with Gasteiger partial charge in [-0.05, 0) is 31.0 Å². The molecule has 1 amide bonds. The Labute approximate surface area is 120 Å². The molecule has 19 heavy (non-hydrogen) atoms. The molecule has 0 N–H and O–H groups in total.